The smallest absolute Gasteiger partial charge is 0.0571 e. The lowest BCUT2D eigenvalue weighted by molar-refractivity contribution is 0.0748. The van der Waals surface area contributed by atoms with E-state index in [-0.39, 0.29) is 0 Å². The Balaban J connectivity index is 3.77. The second-order valence-corrected chi connectivity index (χ2v) is 4.18. The maximum absolute atomic E-state index is 5.23. The molecule has 2 atom stereocenters. The molecular weight excluding hydrogens is 216 g/mol. The van der Waals surface area contributed by atoms with Crippen molar-refractivity contribution < 1.29 is 4.74 Å². The molecule has 2 heteroatoms. The molecule has 0 radical (unpaired) electrons. The molecule has 0 aromatic rings. The maximum atomic E-state index is 5.23. The minimum atomic E-state index is 0.346. The standard InChI is InChI=1S/C10H19BrO/c1-5-10(11)7-6-8(2)9(3)12-4/h7-9H,5-6H2,1-4H3/b10-7+/t8?,9-/m0/s1. The lowest BCUT2D eigenvalue weighted by Crippen LogP contribution is -2.15. The van der Waals surface area contributed by atoms with Crippen LogP contribution in [0.3, 0.4) is 0 Å². The van der Waals surface area contributed by atoms with E-state index in [4.69, 9.17) is 4.74 Å². The normalized spacial score (nSPS) is 17.6. The number of methoxy groups -OCH3 is 1. The van der Waals surface area contributed by atoms with Gasteiger partial charge in [-0.25, -0.2) is 0 Å². The lowest BCUT2D eigenvalue weighted by atomic mass is 10.0. The molecule has 0 fully saturated rings. The summed E-state index contributed by atoms with van der Waals surface area (Å²) in [4.78, 5) is 0. The first-order chi connectivity index (χ1) is 5.61. The Bertz CT molecular complexity index is 143. The summed E-state index contributed by atoms with van der Waals surface area (Å²) in [6.45, 7) is 6.46. The Morgan fingerprint density at radius 3 is 2.50 bits per heavy atom. The second-order valence-electron chi connectivity index (χ2n) is 3.16. The zero-order valence-corrected chi connectivity index (χ0v) is 10.0. The minimum absolute atomic E-state index is 0.346. The number of hydrogen-bond acceptors (Lipinski definition) is 1. The van der Waals surface area contributed by atoms with Gasteiger partial charge in [-0.3, -0.25) is 0 Å². The van der Waals surface area contributed by atoms with Crippen molar-refractivity contribution in [1.29, 1.82) is 0 Å². The van der Waals surface area contributed by atoms with Crippen molar-refractivity contribution in [3.63, 3.8) is 0 Å². The average molecular weight is 235 g/mol. The molecule has 0 heterocycles. The van der Waals surface area contributed by atoms with Gasteiger partial charge in [0.15, 0.2) is 0 Å². The van der Waals surface area contributed by atoms with Gasteiger partial charge in [-0.1, -0.05) is 35.9 Å². The van der Waals surface area contributed by atoms with Gasteiger partial charge >= 0.3 is 0 Å². The van der Waals surface area contributed by atoms with Crippen LogP contribution < -0.4 is 0 Å². The summed E-state index contributed by atoms with van der Waals surface area (Å²) < 4.78 is 6.52. The van der Waals surface area contributed by atoms with Crippen LogP contribution >= 0.6 is 15.9 Å². The van der Waals surface area contributed by atoms with E-state index in [9.17, 15) is 0 Å². The van der Waals surface area contributed by atoms with Crippen LogP contribution in [0.2, 0.25) is 0 Å². The van der Waals surface area contributed by atoms with Gasteiger partial charge in [0.05, 0.1) is 6.10 Å². The minimum Gasteiger partial charge on any atom is -0.381 e. The fourth-order valence-corrected chi connectivity index (χ4v) is 1.07. The lowest BCUT2D eigenvalue weighted by Gasteiger charge is -2.16. The Morgan fingerprint density at radius 1 is 1.50 bits per heavy atom. The summed E-state index contributed by atoms with van der Waals surface area (Å²) in [7, 11) is 1.76. The Morgan fingerprint density at radius 2 is 2.08 bits per heavy atom. The van der Waals surface area contributed by atoms with Gasteiger partial charge in [0.25, 0.3) is 0 Å². The highest BCUT2D eigenvalue weighted by Gasteiger charge is 2.08. The van der Waals surface area contributed by atoms with Gasteiger partial charge in [-0.15, -0.1) is 0 Å². The van der Waals surface area contributed by atoms with Gasteiger partial charge in [0.1, 0.15) is 0 Å². The van der Waals surface area contributed by atoms with Crippen molar-refractivity contribution in [2.75, 3.05) is 7.11 Å². The van der Waals surface area contributed by atoms with Crippen molar-refractivity contribution >= 4 is 15.9 Å². The SMILES string of the molecule is CC/C(Br)=C\CC(C)[C@H](C)OC. The van der Waals surface area contributed by atoms with Gasteiger partial charge in [0, 0.05) is 7.11 Å². The fourth-order valence-electron chi connectivity index (χ4n) is 0.882. The van der Waals surface area contributed by atoms with Crippen molar-refractivity contribution in [3.05, 3.63) is 10.6 Å². The van der Waals surface area contributed by atoms with Crippen LogP contribution in [0.1, 0.15) is 33.6 Å². The van der Waals surface area contributed by atoms with E-state index in [0.29, 0.717) is 12.0 Å². The van der Waals surface area contributed by atoms with E-state index < -0.39 is 0 Å². The Hall–Kier alpha value is 0.180. The van der Waals surface area contributed by atoms with Crippen LogP contribution in [0.15, 0.2) is 10.6 Å². The fraction of sp³-hybridized carbons (Fsp3) is 0.800. The molecule has 0 aliphatic carbocycles. The molecule has 0 aromatic heterocycles. The second kappa shape index (κ2) is 6.67. The van der Waals surface area contributed by atoms with Crippen molar-refractivity contribution in [2.24, 2.45) is 5.92 Å². The summed E-state index contributed by atoms with van der Waals surface area (Å²) >= 11 is 3.50. The molecule has 0 aliphatic rings. The summed E-state index contributed by atoms with van der Waals surface area (Å²) in [6, 6.07) is 0. The topological polar surface area (TPSA) is 9.23 Å². The van der Waals surface area contributed by atoms with E-state index in [0.717, 1.165) is 12.8 Å². The van der Waals surface area contributed by atoms with Crippen molar-refractivity contribution in [1.82, 2.24) is 0 Å². The van der Waals surface area contributed by atoms with Crippen LogP contribution in [-0.4, -0.2) is 13.2 Å². The highest BCUT2D eigenvalue weighted by atomic mass is 79.9. The van der Waals surface area contributed by atoms with Crippen LogP contribution in [-0.2, 0) is 4.74 Å². The van der Waals surface area contributed by atoms with Gasteiger partial charge < -0.3 is 4.74 Å². The largest absolute Gasteiger partial charge is 0.381 e. The third kappa shape index (κ3) is 4.94. The molecule has 1 unspecified atom stereocenters. The molecule has 12 heavy (non-hydrogen) atoms. The third-order valence-electron chi connectivity index (χ3n) is 2.22. The average Bonchev–Trinajstić information content (AvgIpc) is 2.11. The molecule has 0 spiro atoms. The van der Waals surface area contributed by atoms with E-state index in [1.165, 1.54) is 4.48 Å². The highest BCUT2D eigenvalue weighted by Crippen LogP contribution is 2.16. The monoisotopic (exact) mass is 234 g/mol. The van der Waals surface area contributed by atoms with Crippen LogP contribution in [0.5, 0.6) is 0 Å². The van der Waals surface area contributed by atoms with Crippen LogP contribution in [0.4, 0.5) is 0 Å². The number of ether oxygens (including phenoxy) is 1. The molecule has 0 aromatic carbocycles. The maximum Gasteiger partial charge on any atom is 0.0571 e. The zero-order chi connectivity index (χ0) is 9.56. The third-order valence-corrected chi connectivity index (χ3v) is 3.11. The van der Waals surface area contributed by atoms with Gasteiger partial charge in [0.2, 0.25) is 0 Å². The van der Waals surface area contributed by atoms with E-state index in [1.54, 1.807) is 7.11 Å². The predicted molar refractivity (Wildman–Crippen MR) is 57.6 cm³/mol. The van der Waals surface area contributed by atoms with Gasteiger partial charge in [-0.2, -0.15) is 0 Å². The molecule has 0 rings (SSSR count). The first-order valence-electron chi connectivity index (χ1n) is 4.49. The number of halogens is 1. The highest BCUT2D eigenvalue weighted by molar-refractivity contribution is 9.11. The summed E-state index contributed by atoms with van der Waals surface area (Å²) in [5.41, 5.74) is 0. The van der Waals surface area contributed by atoms with E-state index in [2.05, 4.69) is 42.8 Å². The van der Waals surface area contributed by atoms with Crippen LogP contribution in [0, 0.1) is 5.92 Å². The number of hydrogen-bond donors (Lipinski definition) is 0. The summed E-state index contributed by atoms with van der Waals surface area (Å²) in [5.74, 6) is 0.592. The first-order valence-corrected chi connectivity index (χ1v) is 5.28. The van der Waals surface area contributed by atoms with E-state index in [1.807, 2.05) is 0 Å². The quantitative estimate of drug-likeness (QED) is 0.705. The number of rotatable bonds is 5. The molecule has 0 saturated carbocycles. The van der Waals surface area contributed by atoms with E-state index >= 15 is 0 Å². The molecule has 0 aliphatic heterocycles. The first kappa shape index (κ1) is 12.2. The summed E-state index contributed by atoms with van der Waals surface area (Å²) in [6.07, 6.45) is 4.75. The molecule has 1 nitrogen and oxygen atoms in total. The molecule has 0 saturated heterocycles. The Kier molecular flexibility index (Phi) is 6.77. The molecule has 0 amide bonds. The number of allylic oxidation sites excluding steroid dienone is 2. The molecular formula is C10H19BrO. The zero-order valence-electron chi connectivity index (χ0n) is 8.43. The molecule has 0 bridgehead atoms. The molecule has 0 N–H and O–H groups in total. The van der Waals surface area contributed by atoms with Crippen molar-refractivity contribution in [2.45, 2.75) is 39.7 Å². The Labute approximate surface area is 84.3 Å². The predicted octanol–water partition coefficient (Wildman–Crippen LogP) is 3.74. The van der Waals surface area contributed by atoms with Crippen LogP contribution in [0.25, 0.3) is 0 Å². The molecule has 72 valence electrons. The van der Waals surface area contributed by atoms with Gasteiger partial charge in [-0.05, 0) is 30.2 Å². The summed E-state index contributed by atoms with van der Waals surface area (Å²) in [5, 5.41) is 0. The van der Waals surface area contributed by atoms with Crippen molar-refractivity contribution in [3.8, 4) is 0 Å².